The Bertz CT molecular complexity index is 3110. The fraction of sp³-hybridized carbons (Fsp3) is 0.0208. The minimum Gasteiger partial charge on any atom is -0.456 e. The highest BCUT2D eigenvalue weighted by Crippen LogP contribution is 2.40. The number of hydrogen-bond donors (Lipinski definition) is 1. The number of allylic oxidation sites excluding steroid dienone is 1. The third kappa shape index (κ3) is 4.51. The normalized spacial score (nSPS) is 14.7. The zero-order valence-corrected chi connectivity index (χ0v) is 28.0. The molecule has 0 aliphatic carbocycles. The number of fused-ring (bicyclic) bond motifs is 9. The monoisotopic (exact) mass is 666 g/mol. The molecule has 4 heteroatoms. The van der Waals surface area contributed by atoms with E-state index < -0.39 is 0 Å². The largest absolute Gasteiger partial charge is 0.456 e. The van der Waals surface area contributed by atoms with Gasteiger partial charge in [-0.3, -0.25) is 4.99 Å². The van der Waals surface area contributed by atoms with Crippen molar-refractivity contribution in [3.05, 3.63) is 187 Å². The topological polar surface area (TPSA) is 50.7 Å². The van der Waals surface area contributed by atoms with Gasteiger partial charge in [0.2, 0.25) is 0 Å². The molecule has 8 aromatic carbocycles. The van der Waals surface area contributed by atoms with Gasteiger partial charge in [-0.25, -0.2) is 0 Å². The summed E-state index contributed by atoms with van der Waals surface area (Å²) in [5.74, 6) is 0. The number of nitrogens with one attached hydrogen (secondary N) is 1. The van der Waals surface area contributed by atoms with Crippen LogP contribution in [0, 0.1) is 0 Å². The van der Waals surface area contributed by atoms with E-state index in [4.69, 9.17) is 13.8 Å². The minimum absolute atomic E-state index is 0.286. The second kappa shape index (κ2) is 11.3. The number of nitrogens with zero attached hydrogens (tertiary/aromatic N) is 1. The summed E-state index contributed by atoms with van der Waals surface area (Å²) in [5.41, 5.74) is 10.7. The lowest BCUT2D eigenvalue weighted by molar-refractivity contribution is 0.664. The fourth-order valence-corrected chi connectivity index (χ4v) is 8.01. The predicted molar refractivity (Wildman–Crippen MR) is 215 cm³/mol. The fourth-order valence-electron chi connectivity index (χ4n) is 8.01. The van der Waals surface area contributed by atoms with Crippen LogP contribution in [-0.2, 0) is 0 Å². The molecule has 0 saturated heterocycles. The smallest absolute Gasteiger partial charge is 0.145 e. The molecule has 11 rings (SSSR count). The van der Waals surface area contributed by atoms with Crippen molar-refractivity contribution >= 4 is 76.8 Å². The summed E-state index contributed by atoms with van der Waals surface area (Å²) < 4.78 is 13.0. The lowest BCUT2D eigenvalue weighted by Crippen LogP contribution is -2.25. The first-order valence-corrected chi connectivity index (χ1v) is 17.6. The second-order valence-corrected chi connectivity index (χ2v) is 13.5. The lowest BCUT2D eigenvalue weighted by Gasteiger charge is -2.25. The molecule has 1 atom stereocenters. The summed E-state index contributed by atoms with van der Waals surface area (Å²) in [6, 6.07) is 57.5. The van der Waals surface area contributed by atoms with Gasteiger partial charge in [0, 0.05) is 38.4 Å². The minimum atomic E-state index is -0.286. The molecule has 0 amide bonds. The third-order valence-electron chi connectivity index (χ3n) is 10.5. The van der Waals surface area contributed by atoms with Crippen molar-refractivity contribution in [1.29, 1.82) is 0 Å². The first-order chi connectivity index (χ1) is 25.7. The van der Waals surface area contributed by atoms with Crippen molar-refractivity contribution in [1.82, 2.24) is 5.32 Å². The average Bonchev–Trinajstić information content (AvgIpc) is 3.79. The molecule has 1 aliphatic heterocycles. The van der Waals surface area contributed by atoms with Crippen molar-refractivity contribution in [3.63, 3.8) is 0 Å². The van der Waals surface area contributed by atoms with E-state index in [2.05, 4.69) is 157 Å². The molecular formula is C48H30N2O2. The summed E-state index contributed by atoms with van der Waals surface area (Å²) >= 11 is 0. The molecule has 1 N–H and O–H groups in total. The lowest BCUT2D eigenvalue weighted by atomic mass is 9.96. The predicted octanol–water partition coefficient (Wildman–Crippen LogP) is 12.6. The second-order valence-electron chi connectivity index (χ2n) is 13.5. The van der Waals surface area contributed by atoms with Gasteiger partial charge in [0.05, 0.1) is 5.71 Å². The highest BCUT2D eigenvalue weighted by atomic mass is 16.3. The van der Waals surface area contributed by atoms with Gasteiger partial charge in [0.15, 0.2) is 0 Å². The molecular weight excluding hydrogens is 637 g/mol. The Morgan fingerprint density at radius 2 is 1.17 bits per heavy atom. The van der Waals surface area contributed by atoms with Crippen molar-refractivity contribution in [3.8, 4) is 11.1 Å². The highest BCUT2D eigenvalue weighted by Gasteiger charge is 2.23. The summed E-state index contributed by atoms with van der Waals surface area (Å²) in [7, 11) is 0. The number of aliphatic imine (C=N–C) groups is 1. The Hall–Kier alpha value is -6.91. The van der Waals surface area contributed by atoms with Crippen LogP contribution >= 0.6 is 0 Å². The van der Waals surface area contributed by atoms with Crippen LogP contribution in [0.2, 0.25) is 0 Å². The van der Waals surface area contributed by atoms with Crippen molar-refractivity contribution < 1.29 is 8.83 Å². The molecule has 4 nitrogen and oxygen atoms in total. The van der Waals surface area contributed by atoms with Crippen LogP contribution in [0.4, 0.5) is 0 Å². The maximum absolute atomic E-state index is 6.72. The number of rotatable bonds is 4. The molecule has 3 heterocycles. The van der Waals surface area contributed by atoms with Gasteiger partial charge in [-0.1, -0.05) is 133 Å². The van der Waals surface area contributed by atoms with Gasteiger partial charge in [0.1, 0.15) is 28.5 Å². The maximum Gasteiger partial charge on any atom is 0.145 e. The quantitative estimate of drug-likeness (QED) is 0.190. The summed E-state index contributed by atoms with van der Waals surface area (Å²) in [6.45, 7) is 0. The van der Waals surface area contributed by atoms with Gasteiger partial charge >= 0.3 is 0 Å². The first-order valence-electron chi connectivity index (χ1n) is 17.6. The van der Waals surface area contributed by atoms with Gasteiger partial charge in [-0.05, 0) is 74.6 Å². The molecule has 1 unspecified atom stereocenters. The Labute approximate surface area is 298 Å². The Balaban J connectivity index is 1.07. The standard InChI is InChI=1S/C48H30N2O2/c1-2-11-30(12-3-1)41-28-42(50-48(49-41)33-23-24-35-31(26-33)21-20-29-10-4-5-13-34(29)35)39-16-9-19-44-46(39)40-17-8-15-36(47(40)52-44)32-22-25-38-37-14-6-7-18-43(37)51-45(38)27-32/h1-28,48-49H. The van der Waals surface area contributed by atoms with Crippen LogP contribution in [0.25, 0.3) is 82.2 Å². The molecule has 1 aliphatic rings. The molecule has 0 saturated carbocycles. The van der Waals surface area contributed by atoms with Gasteiger partial charge in [-0.15, -0.1) is 0 Å². The molecule has 244 valence electrons. The van der Waals surface area contributed by atoms with Crippen LogP contribution in [0.15, 0.2) is 184 Å². The van der Waals surface area contributed by atoms with Crippen molar-refractivity contribution in [2.45, 2.75) is 6.17 Å². The van der Waals surface area contributed by atoms with Gasteiger partial charge in [-0.2, -0.15) is 0 Å². The number of para-hydroxylation sites is 2. The van der Waals surface area contributed by atoms with Crippen LogP contribution < -0.4 is 5.32 Å². The zero-order chi connectivity index (χ0) is 34.2. The Morgan fingerprint density at radius 1 is 0.462 bits per heavy atom. The van der Waals surface area contributed by atoms with E-state index >= 15 is 0 Å². The molecule has 0 radical (unpaired) electrons. The molecule has 0 bridgehead atoms. The molecule has 52 heavy (non-hydrogen) atoms. The maximum atomic E-state index is 6.72. The number of benzene rings is 8. The van der Waals surface area contributed by atoms with Crippen molar-refractivity contribution in [2.24, 2.45) is 4.99 Å². The number of furan rings is 2. The molecule has 0 spiro atoms. The number of hydrogen-bond acceptors (Lipinski definition) is 4. The van der Waals surface area contributed by atoms with E-state index in [1.54, 1.807) is 0 Å². The van der Waals surface area contributed by atoms with Gasteiger partial charge < -0.3 is 14.2 Å². The van der Waals surface area contributed by atoms with E-state index in [0.717, 1.165) is 83.1 Å². The Morgan fingerprint density at radius 3 is 2.12 bits per heavy atom. The van der Waals surface area contributed by atoms with Crippen LogP contribution in [0.3, 0.4) is 0 Å². The van der Waals surface area contributed by atoms with Crippen LogP contribution in [-0.4, -0.2) is 5.71 Å². The van der Waals surface area contributed by atoms with Crippen molar-refractivity contribution in [2.75, 3.05) is 0 Å². The summed E-state index contributed by atoms with van der Waals surface area (Å²) in [5, 5.41) is 13.0. The van der Waals surface area contributed by atoms with E-state index in [0.29, 0.717) is 0 Å². The highest BCUT2D eigenvalue weighted by molar-refractivity contribution is 6.24. The van der Waals surface area contributed by atoms with E-state index in [1.807, 2.05) is 18.2 Å². The Kier molecular flexibility index (Phi) is 6.28. The summed E-state index contributed by atoms with van der Waals surface area (Å²) in [6.07, 6.45) is 1.89. The van der Waals surface area contributed by atoms with Gasteiger partial charge in [0.25, 0.3) is 0 Å². The van der Waals surface area contributed by atoms with E-state index in [-0.39, 0.29) is 6.17 Å². The molecule has 10 aromatic rings. The van der Waals surface area contributed by atoms with E-state index in [9.17, 15) is 0 Å². The average molecular weight is 667 g/mol. The zero-order valence-electron chi connectivity index (χ0n) is 28.0. The molecule has 0 fully saturated rings. The van der Waals surface area contributed by atoms with Crippen LogP contribution in [0.5, 0.6) is 0 Å². The summed E-state index contributed by atoms with van der Waals surface area (Å²) in [4.78, 5) is 5.41. The third-order valence-corrected chi connectivity index (χ3v) is 10.5. The first kappa shape index (κ1) is 28.9. The van der Waals surface area contributed by atoms with E-state index in [1.165, 1.54) is 21.5 Å². The molecule has 2 aromatic heterocycles. The SMILES string of the molecule is C1=C(c2ccccc2)NC(c2ccc3c(ccc4ccccc43)c2)N=C1c1cccc2oc3c(-c4ccc5c(c4)oc4ccccc45)cccc3c12. The van der Waals surface area contributed by atoms with Crippen LogP contribution in [0.1, 0.15) is 22.9 Å².